The van der Waals surface area contributed by atoms with Gasteiger partial charge in [0.25, 0.3) is 0 Å². The third kappa shape index (κ3) is 4.82. The fraction of sp³-hybridized carbons (Fsp3) is 0.391. The number of para-hydroxylation sites is 1. The standard InChI is InChI=1S/C23H27N3O2S/c1-2-29-21(19-8-4-5-9-20(19)27)23-25-24-22(28-23)18-12-10-17(11-13-18)16-26-14-6-3-7-15-26/h4-5,8-13,21,27H,2-3,6-7,14-16H2,1H3. The lowest BCUT2D eigenvalue weighted by atomic mass is 10.1. The highest BCUT2D eigenvalue weighted by atomic mass is 32.2. The number of hydrogen-bond acceptors (Lipinski definition) is 6. The maximum Gasteiger partial charge on any atom is 0.247 e. The van der Waals surface area contributed by atoms with Crippen molar-refractivity contribution in [1.29, 1.82) is 0 Å². The lowest BCUT2D eigenvalue weighted by Gasteiger charge is -2.26. The predicted octanol–water partition coefficient (Wildman–Crippen LogP) is 5.27. The molecule has 29 heavy (non-hydrogen) atoms. The van der Waals surface area contributed by atoms with E-state index in [1.54, 1.807) is 17.8 Å². The van der Waals surface area contributed by atoms with Crippen LogP contribution in [-0.2, 0) is 6.54 Å². The molecule has 5 nitrogen and oxygen atoms in total. The molecule has 0 saturated carbocycles. The van der Waals surface area contributed by atoms with Crippen molar-refractivity contribution in [2.24, 2.45) is 0 Å². The van der Waals surface area contributed by atoms with Crippen LogP contribution in [0.1, 0.15) is 48.5 Å². The SMILES string of the molecule is CCSC(c1nnc(-c2ccc(CN3CCCCC3)cc2)o1)c1ccccc1O. The smallest absolute Gasteiger partial charge is 0.247 e. The van der Waals surface area contributed by atoms with Crippen molar-refractivity contribution >= 4 is 11.8 Å². The molecule has 2 heterocycles. The van der Waals surface area contributed by atoms with Crippen LogP contribution in [0, 0.1) is 0 Å². The van der Waals surface area contributed by atoms with Gasteiger partial charge in [-0.15, -0.1) is 22.0 Å². The van der Waals surface area contributed by atoms with E-state index in [2.05, 4.69) is 46.3 Å². The third-order valence-corrected chi connectivity index (χ3v) is 6.40. The molecule has 3 aromatic rings. The molecule has 1 aliphatic heterocycles. The van der Waals surface area contributed by atoms with Crippen LogP contribution in [0.15, 0.2) is 52.9 Å². The van der Waals surface area contributed by atoms with Gasteiger partial charge in [-0.25, -0.2) is 0 Å². The molecule has 152 valence electrons. The number of aromatic hydroxyl groups is 1. The molecule has 1 atom stereocenters. The van der Waals surface area contributed by atoms with Gasteiger partial charge in [0.1, 0.15) is 11.0 Å². The number of piperidine rings is 1. The minimum Gasteiger partial charge on any atom is -0.508 e. The van der Waals surface area contributed by atoms with Crippen molar-refractivity contribution in [2.45, 2.75) is 38.0 Å². The number of benzene rings is 2. The maximum atomic E-state index is 10.3. The van der Waals surface area contributed by atoms with Crippen molar-refractivity contribution in [1.82, 2.24) is 15.1 Å². The lowest BCUT2D eigenvalue weighted by Crippen LogP contribution is -2.28. The number of phenols is 1. The summed E-state index contributed by atoms with van der Waals surface area (Å²) in [6.45, 7) is 5.46. The molecule has 2 aromatic carbocycles. The van der Waals surface area contributed by atoms with Crippen molar-refractivity contribution in [3.63, 3.8) is 0 Å². The number of likely N-dealkylation sites (tertiary alicyclic amines) is 1. The average Bonchev–Trinajstić information content (AvgIpc) is 3.24. The van der Waals surface area contributed by atoms with Gasteiger partial charge < -0.3 is 9.52 Å². The molecule has 6 heteroatoms. The fourth-order valence-corrected chi connectivity index (χ4v) is 4.71. The molecular weight excluding hydrogens is 382 g/mol. The minimum atomic E-state index is -0.180. The molecule has 0 amide bonds. The highest BCUT2D eigenvalue weighted by Gasteiger charge is 2.24. The topological polar surface area (TPSA) is 62.4 Å². The predicted molar refractivity (Wildman–Crippen MR) is 117 cm³/mol. The van der Waals surface area contributed by atoms with Crippen LogP contribution < -0.4 is 0 Å². The molecule has 1 saturated heterocycles. The molecule has 1 aromatic heterocycles. The summed E-state index contributed by atoms with van der Waals surface area (Å²) in [6, 6.07) is 15.7. The summed E-state index contributed by atoms with van der Waals surface area (Å²) in [5.41, 5.74) is 3.03. The first-order chi connectivity index (χ1) is 14.2. The highest BCUT2D eigenvalue weighted by Crippen LogP contribution is 2.39. The summed E-state index contributed by atoms with van der Waals surface area (Å²) in [5.74, 6) is 2.16. The van der Waals surface area contributed by atoms with Gasteiger partial charge in [-0.1, -0.05) is 43.7 Å². The largest absolute Gasteiger partial charge is 0.508 e. The van der Waals surface area contributed by atoms with Crippen LogP contribution in [0.3, 0.4) is 0 Å². The first kappa shape index (κ1) is 20.0. The van der Waals surface area contributed by atoms with Crippen LogP contribution in [0.4, 0.5) is 0 Å². The maximum absolute atomic E-state index is 10.3. The minimum absolute atomic E-state index is 0.180. The number of nitrogens with zero attached hydrogens (tertiary/aromatic N) is 3. The lowest BCUT2D eigenvalue weighted by molar-refractivity contribution is 0.221. The first-order valence-electron chi connectivity index (χ1n) is 10.3. The summed E-state index contributed by atoms with van der Waals surface area (Å²) in [6.07, 6.45) is 3.96. The van der Waals surface area contributed by atoms with E-state index in [9.17, 15) is 5.11 Å². The Hall–Kier alpha value is -2.31. The number of thioether (sulfide) groups is 1. The van der Waals surface area contributed by atoms with E-state index in [0.29, 0.717) is 11.8 Å². The summed E-state index contributed by atoms with van der Waals surface area (Å²) < 4.78 is 6.02. The summed E-state index contributed by atoms with van der Waals surface area (Å²) in [7, 11) is 0. The molecule has 0 radical (unpaired) electrons. The van der Waals surface area contributed by atoms with Crippen LogP contribution in [-0.4, -0.2) is 39.0 Å². The van der Waals surface area contributed by atoms with Crippen molar-refractivity contribution < 1.29 is 9.52 Å². The van der Waals surface area contributed by atoms with Gasteiger partial charge in [-0.2, -0.15) is 0 Å². The van der Waals surface area contributed by atoms with Crippen LogP contribution in [0.25, 0.3) is 11.5 Å². The van der Waals surface area contributed by atoms with Crippen molar-refractivity contribution in [2.75, 3.05) is 18.8 Å². The fourth-order valence-electron chi connectivity index (χ4n) is 3.76. The first-order valence-corrected chi connectivity index (χ1v) is 11.3. The Morgan fingerprint density at radius 2 is 1.79 bits per heavy atom. The Morgan fingerprint density at radius 1 is 1.03 bits per heavy atom. The zero-order chi connectivity index (χ0) is 20.1. The molecule has 0 bridgehead atoms. The number of hydrogen-bond donors (Lipinski definition) is 1. The van der Waals surface area contributed by atoms with E-state index in [-0.39, 0.29) is 11.0 Å². The monoisotopic (exact) mass is 409 g/mol. The van der Waals surface area contributed by atoms with Crippen LogP contribution >= 0.6 is 11.8 Å². The molecule has 1 fully saturated rings. The van der Waals surface area contributed by atoms with E-state index < -0.39 is 0 Å². The Bertz CT molecular complexity index is 920. The Morgan fingerprint density at radius 3 is 2.52 bits per heavy atom. The molecule has 1 unspecified atom stereocenters. The molecule has 0 spiro atoms. The van der Waals surface area contributed by atoms with Gasteiger partial charge in [-0.3, -0.25) is 4.90 Å². The van der Waals surface area contributed by atoms with Crippen LogP contribution in [0.5, 0.6) is 5.75 Å². The van der Waals surface area contributed by atoms with Gasteiger partial charge >= 0.3 is 0 Å². The van der Waals surface area contributed by atoms with Gasteiger partial charge in [0, 0.05) is 17.7 Å². The van der Waals surface area contributed by atoms with Gasteiger partial charge in [0.2, 0.25) is 11.8 Å². The molecular formula is C23H27N3O2S. The second-order valence-electron chi connectivity index (χ2n) is 7.37. The van der Waals surface area contributed by atoms with Gasteiger partial charge in [-0.05, 0) is 55.4 Å². The summed E-state index contributed by atoms with van der Waals surface area (Å²) in [4.78, 5) is 2.52. The number of rotatable bonds is 7. The Balaban J connectivity index is 1.51. The molecule has 0 aliphatic carbocycles. The van der Waals surface area contributed by atoms with E-state index in [1.807, 2.05) is 18.2 Å². The van der Waals surface area contributed by atoms with Gasteiger partial charge in [0.05, 0.1) is 0 Å². The summed E-state index contributed by atoms with van der Waals surface area (Å²) in [5, 5.41) is 18.6. The van der Waals surface area contributed by atoms with Crippen molar-refractivity contribution in [3.05, 3.63) is 65.5 Å². The second-order valence-corrected chi connectivity index (χ2v) is 8.76. The average molecular weight is 410 g/mol. The normalized spacial score (nSPS) is 16.0. The third-order valence-electron chi connectivity index (χ3n) is 5.27. The quantitative estimate of drug-likeness (QED) is 0.573. The number of aromatic nitrogens is 2. The Kier molecular flexibility index (Phi) is 6.52. The van der Waals surface area contributed by atoms with Crippen LogP contribution in [0.2, 0.25) is 0 Å². The highest BCUT2D eigenvalue weighted by molar-refractivity contribution is 7.99. The molecule has 1 aliphatic rings. The van der Waals surface area contributed by atoms with Crippen molar-refractivity contribution in [3.8, 4) is 17.2 Å². The molecule has 1 N–H and O–H groups in total. The Labute approximate surface area is 176 Å². The zero-order valence-corrected chi connectivity index (χ0v) is 17.6. The van der Waals surface area contributed by atoms with E-state index in [0.717, 1.165) is 23.4 Å². The van der Waals surface area contributed by atoms with Gasteiger partial charge in [0.15, 0.2) is 0 Å². The zero-order valence-electron chi connectivity index (χ0n) is 16.8. The number of phenolic OH excluding ortho intramolecular Hbond substituents is 1. The second kappa shape index (κ2) is 9.46. The van der Waals surface area contributed by atoms with E-state index >= 15 is 0 Å². The van der Waals surface area contributed by atoms with E-state index in [1.165, 1.54) is 37.9 Å². The summed E-state index contributed by atoms with van der Waals surface area (Å²) >= 11 is 1.67. The molecule has 4 rings (SSSR count). The van der Waals surface area contributed by atoms with E-state index in [4.69, 9.17) is 4.42 Å².